The van der Waals surface area contributed by atoms with Crippen LogP contribution in [-0.4, -0.2) is 37.9 Å². The summed E-state index contributed by atoms with van der Waals surface area (Å²) in [6, 6.07) is 0. The molecule has 1 atom stereocenters. The Morgan fingerprint density at radius 1 is 0.426 bits per heavy atom. The number of esters is 2. The predicted octanol–water partition coefficient (Wildman–Crippen LogP) is 14.6. The standard InChI is InChI=1S/C49H82O5/c1-4-7-10-13-16-19-22-24-26-29-32-35-38-41-44-52-45-47(54-49(51)43-40-37-34-31-27-21-18-15-12-9-6-3)46-53-48(50)42-39-36-33-30-28-25-23-20-17-14-11-8-5-2/h8,10-11,13,15,17-20,22,25,28,33,36,47H,4-7,9,12,14,16,21,23-24,26-27,29-32,34-35,37-46H2,1-3H3/b11-8-,13-10-,18-15-,20-17-,22-19-,28-25-,36-33-. The molecule has 0 amide bonds. The molecule has 0 aliphatic carbocycles. The fraction of sp³-hybridized carbons (Fsp3) is 0.673. The van der Waals surface area contributed by atoms with Crippen LogP contribution in [0, 0.1) is 0 Å². The Hall–Kier alpha value is -2.92. The lowest BCUT2D eigenvalue weighted by Gasteiger charge is -2.18. The van der Waals surface area contributed by atoms with Crippen LogP contribution in [0.15, 0.2) is 85.1 Å². The Kier molecular flexibility index (Phi) is 42.1. The lowest BCUT2D eigenvalue weighted by molar-refractivity contribution is -0.162. The minimum Gasteiger partial charge on any atom is -0.462 e. The summed E-state index contributed by atoms with van der Waals surface area (Å²) < 4.78 is 17.2. The lowest BCUT2D eigenvalue weighted by atomic mass is 10.1. The topological polar surface area (TPSA) is 61.8 Å². The van der Waals surface area contributed by atoms with Gasteiger partial charge in [-0.3, -0.25) is 9.59 Å². The normalized spacial score (nSPS) is 13.0. The highest BCUT2D eigenvalue weighted by molar-refractivity contribution is 5.70. The summed E-state index contributed by atoms with van der Waals surface area (Å²) in [5.74, 6) is -0.515. The van der Waals surface area contributed by atoms with Gasteiger partial charge in [-0.1, -0.05) is 170 Å². The first-order valence-electron chi connectivity index (χ1n) is 22.1. The van der Waals surface area contributed by atoms with Gasteiger partial charge in [0.1, 0.15) is 6.61 Å². The molecule has 0 radical (unpaired) electrons. The van der Waals surface area contributed by atoms with Crippen LogP contribution in [-0.2, 0) is 23.8 Å². The van der Waals surface area contributed by atoms with E-state index in [0.29, 0.717) is 25.9 Å². The first kappa shape index (κ1) is 51.1. The summed E-state index contributed by atoms with van der Waals surface area (Å²) in [5.41, 5.74) is 0. The van der Waals surface area contributed by atoms with Gasteiger partial charge >= 0.3 is 11.9 Å². The summed E-state index contributed by atoms with van der Waals surface area (Å²) >= 11 is 0. The van der Waals surface area contributed by atoms with Crippen LogP contribution in [0.4, 0.5) is 0 Å². The molecule has 54 heavy (non-hydrogen) atoms. The van der Waals surface area contributed by atoms with Crippen molar-refractivity contribution in [3.63, 3.8) is 0 Å². The highest BCUT2D eigenvalue weighted by atomic mass is 16.6. The van der Waals surface area contributed by atoms with Crippen LogP contribution < -0.4 is 0 Å². The number of allylic oxidation sites excluding steroid dienone is 14. The molecule has 0 aliphatic rings. The number of ether oxygens (including phenoxy) is 3. The maximum Gasteiger partial charge on any atom is 0.306 e. The third-order valence-electron chi connectivity index (χ3n) is 8.88. The van der Waals surface area contributed by atoms with Gasteiger partial charge in [0.25, 0.3) is 0 Å². The van der Waals surface area contributed by atoms with Gasteiger partial charge < -0.3 is 14.2 Å². The fourth-order valence-electron chi connectivity index (χ4n) is 5.60. The average molecular weight is 751 g/mol. The Balaban J connectivity index is 4.39. The second-order valence-electron chi connectivity index (χ2n) is 14.2. The number of hydrogen-bond acceptors (Lipinski definition) is 5. The van der Waals surface area contributed by atoms with Crippen molar-refractivity contribution >= 4 is 11.9 Å². The molecule has 0 bridgehead atoms. The molecule has 5 nitrogen and oxygen atoms in total. The third-order valence-corrected chi connectivity index (χ3v) is 8.88. The molecule has 0 saturated heterocycles. The number of carbonyl (C=O) groups excluding carboxylic acids is 2. The van der Waals surface area contributed by atoms with E-state index in [-0.39, 0.29) is 25.2 Å². The summed E-state index contributed by atoms with van der Waals surface area (Å²) in [6.45, 7) is 7.48. The van der Waals surface area contributed by atoms with E-state index in [4.69, 9.17) is 14.2 Å². The van der Waals surface area contributed by atoms with E-state index >= 15 is 0 Å². The van der Waals surface area contributed by atoms with E-state index in [1.165, 1.54) is 70.6 Å². The first-order valence-corrected chi connectivity index (χ1v) is 22.1. The molecular weight excluding hydrogens is 669 g/mol. The Bertz CT molecular complexity index is 1030. The van der Waals surface area contributed by atoms with Crippen LogP contribution in [0.25, 0.3) is 0 Å². The minimum atomic E-state index is -0.575. The largest absolute Gasteiger partial charge is 0.462 e. The van der Waals surface area contributed by atoms with Gasteiger partial charge in [-0.05, 0) is 89.9 Å². The Morgan fingerprint density at radius 2 is 0.907 bits per heavy atom. The van der Waals surface area contributed by atoms with Crippen molar-refractivity contribution in [2.75, 3.05) is 19.8 Å². The maximum absolute atomic E-state index is 12.7. The van der Waals surface area contributed by atoms with Gasteiger partial charge in [0.2, 0.25) is 0 Å². The molecule has 0 aromatic rings. The van der Waals surface area contributed by atoms with E-state index in [0.717, 1.165) is 77.0 Å². The van der Waals surface area contributed by atoms with Gasteiger partial charge in [-0.2, -0.15) is 0 Å². The molecular formula is C49H82O5. The molecule has 0 heterocycles. The highest BCUT2D eigenvalue weighted by Crippen LogP contribution is 2.11. The van der Waals surface area contributed by atoms with Crippen LogP contribution >= 0.6 is 0 Å². The van der Waals surface area contributed by atoms with Gasteiger partial charge in [0.05, 0.1) is 6.61 Å². The van der Waals surface area contributed by atoms with Crippen molar-refractivity contribution in [3.05, 3.63) is 85.1 Å². The van der Waals surface area contributed by atoms with Gasteiger partial charge in [0.15, 0.2) is 6.10 Å². The Morgan fingerprint density at radius 3 is 1.50 bits per heavy atom. The van der Waals surface area contributed by atoms with Crippen LogP contribution in [0.3, 0.4) is 0 Å². The van der Waals surface area contributed by atoms with Gasteiger partial charge in [-0.15, -0.1) is 0 Å². The van der Waals surface area contributed by atoms with E-state index < -0.39 is 6.10 Å². The van der Waals surface area contributed by atoms with Crippen molar-refractivity contribution in [3.8, 4) is 0 Å². The second-order valence-corrected chi connectivity index (χ2v) is 14.2. The van der Waals surface area contributed by atoms with E-state index in [1.54, 1.807) is 0 Å². The molecule has 1 unspecified atom stereocenters. The zero-order valence-corrected chi connectivity index (χ0v) is 35.2. The average Bonchev–Trinajstić information content (AvgIpc) is 3.17. The van der Waals surface area contributed by atoms with E-state index in [2.05, 4.69) is 99.8 Å². The maximum atomic E-state index is 12.7. The zero-order valence-electron chi connectivity index (χ0n) is 35.2. The van der Waals surface area contributed by atoms with Crippen LogP contribution in [0.2, 0.25) is 0 Å². The minimum absolute atomic E-state index is 0.0357. The molecule has 308 valence electrons. The summed E-state index contributed by atoms with van der Waals surface area (Å²) in [5, 5.41) is 0. The molecule has 5 heteroatoms. The van der Waals surface area contributed by atoms with Crippen molar-refractivity contribution in [1.82, 2.24) is 0 Å². The molecule has 0 aromatic heterocycles. The number of carbonyl (C=O) groups is 2. The molecule has 0 N–H and O–H groups in total. The van der Waals surface area contributed by atoms with Crippen molar-refractivity contribution in [2.24, 2.45) is 0 Å². The third kappa shape index (κ3) is 41.8. The molecule has 0 rings (SSSR count). The SMILES string of the molecule is CC/C=C\C/C=C\C/C=C\C/C=C\CCC(=O)OCC(COCCCCCCCC/C=C\C/C=C\CCC)OC(=O)CCCCCCC/C=C\CCCC. The number of hydrogen-bond donors (Lipinski definition) is 0. The molecule has 0 saturated carbocycles. The van der Waals surface area contributed by atoms with Crippen molar-refractivity contribution in [2.45, 2.75) is 194 Å². The van der Waals surface area contributed by atoms with Gasteiger partial charge in [-0.25, -0.2) is 0 Å². The van der Waals surface area contributed by atoms with Crippen LogP contribution in [0.1, 0.15) is 188 Å². The monoisotopic (exact) mass is 751 g/mol. The number of unbranched alkanes of at least 4 members (excludes halogenated alkanes) is 14. The van der Waals surface area contributed by atoms with Crippen molar-refractivity contribution < 1.29 is 23.8 Å². The molecule has 0 aromatic carbocycles. The first-order chi connectivity index (χ1) is 26.6. The highest BCUT2D eigenvalue weighted by Gasteiger charge is 2.17. The summed E-state index contributed by atoms with van der Waals surface area (Å²) in [6.07, 6.45) is 57.3. The van der Waals surface area contributed by atoms with Crippen molar-refractivity contribution in [1.29, 1.82) is 0 Å². The lowest BCUT2D eigenvalue weighted by Crippen LogP contribution is -2.30. The second kappa shape index (κ2) is 44.5. The Labute approximate surface area is 333 Å². The smallest absolute Gasteiger partial charge is 0.306 e. The molecule has 0 spiro atoms. The van der Waals surface area contributed by atoms with E-state index in [9.17, 15) is 9.59 Å². The van der Waals surface area contributed by atoms with Crippen LogP contribution in [0.5, 0.6) is 0 Å². The summed E-state index contributed by atoms with van der Waals surface area (Å²) in [7, 11) is 0. The van der Waals surface area contributed by atoms with E-state index in [1.807, 2.05) is 6.08 Å². The van der Waals surface area contributed by atoms with Gasteiger partial charge in [0, 0.05) is 19.4 Å². The summed E-state index contributed by atoms with van der Waals surface area (Å²) in [4.78, 5) is 25.2. The molecule has 0 fully saturated rings. The molecule has 0 aliphatic heterocycles. The predicted molar refractivity (Wildman–Crippen MR) is 233 cm³/mol. The zero-order chi connectivity index (χ0) is 39.3. The number of rotatable bonds is 39. The fourth-order valence-corrected chi connectivity index (χ4v) is 5.60. The quantitative estimate of drug-likeness (QED) is 0.0356.